The van der Waals surface area contributed by atoms with Crippen molar-refractivity contribution in [3.05, 3.63) is 163 Å². The van der Waals surface area contributed by atoms with Crippen LogP contribution in [0.25, 0.3) is 11.1 Å². The van der Waals surface area contributed by atoms with Crippen molar-refractivity contribution < 1.29 is 19.0 Å². The van der Waals surface area contributed by atoms with Gasteiger partial charge in [0.05, 0.1) is 39.9 Å². The number of methoxy groups -OCH3 is 2. The Labute approximate surface area is 375 Å². The molecule has 60 heavy (non-hydrogen) atoms. The highest BCUT2D eigenvalue weighted by molar-refractivity contribution is 6.53. The Morgan fingerprint density at radius 1 is 0.533 bits per heavy atom. The fraction of sp³-hybridized carbons (Fsp3) is 0.300. The van der Waals surface area contributed by atoms with Crippen LogP contribution in [0.15, 0.2) is 109 Å². The highest BCUT2D eigenvalue weighted by atomic mass is 35.5. The number of esters is 1. The van der Waals surface area contributed by atoms with E-state index in [0.717, 1.165) is 96.6 Å². The highest BCUT2D eigenvalue weighted by Gasteiger charge is 2.48. The number of halogens is 4. The Hall–Kier alpha value is -4.59. The Morgan fingerprint density at radius 2 is 0.867 bits per heavy atom. The van der Waals surface area contributed by atoms with Gasteiger partial charge in [0.2, 0.25) is 0 Å². The van der Waals surface area contributed by atoms with Gasteiger partial charge in [-0.15, -0.1) is 0 Å². The second-order valence-corrected chi connectivity index (χ2v) is 16.3. The molecule has 1 aliphatic rings. The third kappa shape index (κ3) is 9.48. The fourth-order valence-corrected chi connectivity index (χ4v) is 8.93. The number of hydrogen-bond acceptors (Lipinski definition) is 6. The molecule has 0 N–H and O–H groups in total. The Kier molecular flexibility index (Phi) is 15.2. The topological polar surface area (TPSA) is 51.2 Å². The lowest BCUT2D eigenvalue weighted by molar-refractivity contribution is 0.0300. The van der Waals surface area contributed by atoms with E-state index in [1.54, 1.807) is 14.2 Å². The van der Waals surface area contributed by atoms with Gasteiger partial charge in [-0.05, 0) is 120 Å². The molecule has 0 aliphatic carbocycles. The summed E-state index contributed by atoms with van der Waals surface area (Å²) < 4.78 is 17.7. The number of carbonyl (C=O) groups is 1. The smallest absolute Gasteiger partial charge is 0.341 e. The molecule has 314 valence electrons. The van der Waals surface area contributed by atoms with E-state index in [0.29, 0.717) is 17.1 Å². The summed E-state index contributed by atoms with van der Waals surface area (Å²) in [4.78, 5) is 19.1. The number of anilines is 2. The van der Waals surface area contributed by atoms with Crippen LogP contribution in [0.3, 0.4) is 0 Å². The van der Waals surface area contributed by atoms with Crippen LogP contribution in [0.4, 0.5) is 11.4 Å². The predicted molar refractivity (Wildman–Crippen MR) is 252 cm³/mol. The van der Waals surface area contributed by atoms with E-state index in [2.05, 4.69) is 86.0 Å². The maximum Gasteiger partial charge on any atom is 0.341 e. The first-order chi connectivity index (χ1) is 29.0. The van der Waals surface area contributed by atoms with Gasteiger partial charge in [-0.3, -0.25) is 0 Å². The molecule has 0 fully saturated rings. The second-order valence-electron chi connectivity index (χ2n) is 14.8. The molecule has 1 aliphatic heterocycles. The number of nitrogens with zero attached hydrogens (tertiary/aromatic N) is 2. The zero-order valence-corrected chi connectivity index (χ0v) is 38.1. The van der Waals surface area contributed by atoms with Gasteiger partial charge in [0.1, 0.15) is 11.5 Å². The van der Waals surface area contributed by atoms with Crippen molar-refractivity contribution in [2.75, 3.05) is 50.2 Å². The summed E-state index contributed by atoms with van der Waals surface area (Å²) in [6.07, 6.45) is 8.01. The standard InChI is InChI=1S/C50H52Cl4N2O4/c1-7-27-55(28-8-2)37-19-11-33(12-20-37)41(35-15-23-39(58-5)24-16-35)31-50(44-43(49(57)60-50)45(51)47(53)48(54)46(44)52)32-42(36-17-25-40(59-6)26-18-36)34-13-21-38(22-14-34)56(29-9-3)30-10-4/h11-26,31-32H,7-10,27-30H2,1-6H3. The molecular formula is C50H52Cl4N2O4. The van der Waals surface area contributed by atoms with Gasteiger partial charge in [0, 0.05) is 43.1 Å². The van der Waals surface area contributed by atoms with E-state index >= 15 is 0 Å². The van der Waals surface area contributed by atoms with Crippen LogP contribution in [0.5, 0.6) is 11.5 Å². The van der Waals surface area contributed by atoms with Crippen molar-refractivity contribution in [3.63, 3.8) is 0 Å². The number of cyclic esters (lactones) is 1. The molecule has 6 nitrogen and oxygen atoms in total. The summed E-state index contributed by atoms with van der Waals surface area (Å²) in [6.45, 7) is 12.5. The van der Waals surface area contributed by atoms with Crippen molar-refractivity contribution in [1.29, 1.82) is 0 Å². The van der Waals surface area contributed by atoms with Crippen molar-refractivity contribution in [2.24, 2.45) is 0 Å². The van der Waals surface area contributed by atoms with Gasteiger partial charge < -0.3 is 24.0 Å². The maximum absolute atomic E-state index is 14.3. The molecule has 6 rings (SSSR count). The molecule has 0 radical (unpaired) electrons. The van der Waals surface area contributed by atoms with Crippen molar-refractivity contribution >= 4 is 74.9 Å². The quantitative estimate of drug-likeness (QED) is 0.0496. The van der Waals surface area contributed by atoms with E-state index < -0.39 is 11.6 Å². The largest absolute Gasteiger partial charge is 0.497 e. The lowest BCUT2D eigenvalue weighted by atomic mass is 9.83. The maximum atomic E-state index is 14.3. The molecule has 5 aromatic rings. The van der Waals surface area contributed by atoms with E-state index in [1.165, 1.54) is 0 Å². The Balaban J connectivity index is 1.69. The summed E-state index contributed by atoms with van der Waals surface area (Å²) in [6, 6.07) is 32.5. The molecule has 1 heterocycles. The minimum absolute atomic E-state index is 0.0212. The monoisotopic (exact) mass is 884 g/mol. The summed E-state index contributed by atoms with van der Waals surface area (Å²) in [5.74, 6) is 0.725. The lowest BCUT2D eigenvalue weighted by Crippen LogP contribution is -2.25. The molecule has 0 bridgehead atoms. The van der Waals surface area contributed by atoms with Crippen LogP contribution in [-0.2, 0) is 10.3 Å². The first-order valence-corrected chi connectivity index (χ1v) is 22.1. The molecule has 0 unspecified atom stereocenters. The van der Waals surface area contributed by atoms with Crippen molar-refractivity contribution in [1.82, 2.24) is 0 Å². The first kappa shape index (κ1) is 44.9. The van der Waals surface area contributed by atoms with Crippen LogP contribution in [0, 0.1) is 0 Å². The minimum Gasteiger partial charge on any atom is -0.497 e. The fourth-order valence-electron chi connectivity index (χ4n) is 7.85. The second kappa shape index (κ2) is 20.3. The van der Waals surface area contributed by atoms with Gasteiger partial charge in [-0.2, -0.15) is 0 Å². The van der Waals surface area contributed by atoms with E-state index in [9.17, 15) is 4.79 Å². The Bertz CT molecular complexity index is 2190. The number of hydrogen-bond donors (Lipinski definition) is 0. The average molecular weight is 887 g/mol. The molecular weight excluding hydrogens is 834 g/mol. The Morgan fingerprint density at radius 3 is 1.20 bits per heavy atom. The molecule has 0 atom stereocenters. The van der Waals surface area contributed by atoms with Gasteiger partial charge in [-0.25, -0.2) is 4.79 Å². The summed E-state index contributed by atoms with van der Waals surface area (Å²) in [5, 5.41) is 0.0421. The predicted octanol–water partition coefficient (Wildman–Crippen LogP) is 14.2. The highest BCUT2D eigenvalue weighted by Crippen LogP contribution is 2.53. The van der Waals surface area contributed by atoms with Crippen LogP contribution >= 0.6 is 46.4 Å². The van der Waals surface area contributed by atoms with Gasteiger partial charge in [0.15, 0.2) is 5.60 Å². The third-order valence-electron chi connectivity index (χ3n) is 10.7. The van der Waals surface area contributed by atoms with Crippen LogP contribution in [0.2, 0.25) is 20.1 Å². The normalized spacial score (nSPS) is 15.1. The molecule has 0 amide bonds. The molecule has 0 aromatic heterocycles. The zero-order chi connectivity index (χ0) is 43.0. The first-order valence-electron chi connectivity index (χ1n) is 20.6. The van der Waals surface area contributed by atoms with Crippen molar-refractivity contribution in [2.45, 2.75) is 59.0 Å². The van der Waals surface area contributed by atoms with Crippen LogP contribution in [-0.4, -0.2) is 46.4 Å². The van der Waals surface area contributed by atoms with Crippen molar-refractivity contribution in [3.8, 4) is 11.5 Å². The number of carbonyl (C=O) groups excluding carboxylic acids is 1. The average Bonchev–Trinajstić information content (AvgIpc) is 3.57. The summed E-state index contributed by atoms with van der Waals surface area (Å²) >= 11 is 27.6. The van der Waals surface area contributed by atoms with E-state index in [4.69, 9.17) is 60.6 Å². The van der Waals surface area contributed by atoms with Crippen LogP contribution in [0.1, 0.15) is 91.6 Å². The molecule has 0 saturated carbocycles. The molecule has 0 saturated heterocycles. The van der Waals surface area contributed by atoms with E-state index in [-0.39, 0.29) is 25.7 Å². The third-order valence-corrected chi connectivity index (χ3v) is 12.5. The SMILES string of the molecule is CCCN(CCC)c1ccc(C(=CC2(C=C(c3ccc(OC)cc3)c3ccc(N(CCC)CCC)cc3)OC(=O)c3c(Cl)c(Cl)c(Cl)c(Cl)c32)c2ccc(OC)cc2)cc1. The number of fused-ring (bicyclic) bond motifs is 1. The molecule has 0 spiro atoms. The number of rotatable bonds is 18. The number of benzene rings is 5. The molecule has 5 aromatic carbocycles. The minimum atomic E-state index is -1.64. The molecule has 10 heteroatoms. The van der Waals surface area contributed by atoms with E-state index in [1.807, 2.05) is 60.7 Å². The number of ether oxygens (including phenoxy) is 3. The zero-order valence-electron chi connectivity index (χ0n) is 35.1. The van der Waals surface area contributed by atoms with Gasteiger partial charge in [-0.1, -0.05) is 123 Å². The lowest BCUT2D eigenvalue weighted by Gasteiger charge is -2.28. The summed E-state index contributed by atoms with van der Waals surface area (Å²) in [5.41, 5.74) is 5.99. The van der Waals surface area contributed by atoms with Gasteiger partial charge in [0.25, 0.3) is 0 Å². The van der Waals surface area contributed by atoms with Crippen LogP contribution < -0.4 is 19.3 Å². The van der Waals surface area contributed by atoms with Gasteiger partial charge >= 0.3 is 5.97 Å². The summed E-state index contributed by atoms with van der Waals surface area (Å²) in [7, 11) is 3.27.